The van der Waals surface area contributed by atoms with Crippen LogP contribution in [0.4, 0.5) is 0 Å². The molecule has 1 saturated heterocycles. The van der Waals surface area contributed by atoms with Crippen molar-refractivity contribution in [3.8, 4) is 0 Å². The molecule has 1 heterocycles. The lowest BCUT2D eigenvalue weighted by Crippen LogP contribution is -2.42. The van der Waals surface area contributed by atoms with Gasteiger partial charge in [-0.2, -0.15) is 0 Å². The molecule has 0 spiro atoms. The summed E-state index contributed by atoms with van der Waals surface area (Å²) in [4.78, 5) is 2.81. The summed E-state index contributed by atoms with van der Waals surface area (Å²) in [6, 6.07) is 0.890. The number of piperidine rings is 1. The van der Waals surface area contributed by atoms with Gasteiger partial charge in [0, 0.05) is 19.1 Å². The Balaban J connectivity index is 1.24. The molecule has 2 nitrogen and oxygen atoms in total. The zero-order chi connectivity index (χ0) is 12.7. The van der Waals surface area contributed by atoms with Crippen LogP contribution < -0.4 is 5.32 Å². The normalized spacial score (nSPS) is 42.9. The fourth-order valence-electron chi connectivity index (χ4n) is 5.04. The largest absolute Gasteiger partial charge is 0.314 e. The maximum Gasteiger partial charge on any atom is 0.00683 e. The van der Waals surface area contributed by atoms with Gasteiger partial charge in [0.25, 0.3) is 0 Å². The van der Waals surface area contributed by atoms with Crippen molar-refractivity contribution in [2.45, 2.75) is 57.4 Å². The molecule has 2 bridgehead atoms. The summed E-state index contributed by atoms with van der Waals surface area (Å²) in [5.74, 6) is 4.23. The Morgan fingerprint density at radius 2 is 1.95 bits per heavy atom. The second-order valence-corrected chi connectivity index (χ2v) is 7.89. The minimum atomic E-state index is 0.890. The highest BCUT2D eigenvalue weighted by Gasteiger charge is 2.40. The number of nitrogens with one attached hydrogen (secondary N) is 1. The van der Waals surface area contributed by atoms with Gasteiger partial charge in [0.05, 0.1) is 0 Å². The van der Waals surface area contributed by atoms with Crippen LogP contribution in [0.1, 0.15) is 51.4 Å². The molecule has 4 rings (SSSR count). The van der Waals surface area contributed by atoms with Crippen LogP contribution in [0.15, 0.2) is 0 Å². The summed E-state index contributed by atoms with van der Waals surface area (Å²) in [5, 5.41) is 3.74. The molecule has 4 atom stereocenters. The van der Waals surface area contributed by atoms with Crippen molar-refractivity contribution in [3.05, 3.63) is 0 Å². The van der Waals surface area contributed by atoms with Crippen molar-refractivity contribution in [2.75, 3.05) is 26.2 Å². The van der Waals surface area contributed by atoms with Crippen LogP contribution in [0, 0.1) is 23.7 Å². The minimum Gasteiger partial charge on any atom is -0.314 e. The van der Waals surface area contributed by atoms with Crippen molar-refractivity contribution in [3.63, 3.8) is 0 Å². The van der Waals surface area contributed by atoms with Gasteiger partial charge >= 0.3 is 0 Å². The molecular formula is C17H30N2. The van der Waals surface area contributed by atoms with E-state index < -0.39 is 0 Å². The summed E-state index contributed by atoms with van der Waals surface area (Å²) in [6.45, 7) is 5.49. The number of nitrogens with zero attached hydrogens (tertiary/aromatic N) is 1. The van der Waals surface area contributed by atoms with E-state index in [0.717, 1.165) is 29.7 Å². The standard InChI is InChI=1S/C17H30N2/c1-2-14(10-18-17-5-6-17)11-19(7-1)12-16-9-13-3-4-15(16)8-13/h13-18H,1-12H2. The predicted molar refractivity (Wildman–Crippen MR) is 79.1 cm³/mol. The third-order valence-corrected chi connectivity index (χ3v) is 6.25. The SMILES string of the molecule is C1CC(CNC2CC2)CN(CC2CC3CCC2C3)C1. The molecular weight excluding hydrogens is 232 g/mol. The summed E-state index contributed by atoms with van der Waals surface area (Å²) in [7, 11) is 0. The van der Waals surface area contributed by atoms with Crippen LogP contribution in [0.3, 0.4) is 0 Å². The summed E-state index contributed by atoms with van der Waals surface area (Å²) < 4.78 is 0. The summed E-state index contributed by atoms with van der Waals surface area (Å²) in [5.41, 5.74) is 0. The third-order valence-electron chi connectivity index (χ3n) is 6.25. The van der Waals surface area contributed by atoms with Crippen molar-refractivity contribution in [1.82, 2.24) is 10.2 Å². The van der Waals surface area contributed by atoms with E-state index in [0.29, 0.717) is 0 Å². The van der Waals surface area contributed by atoms with Crippen molar-refractivity contribution >= 4 is 0 Å². The van der Waals surface area contributed by atoms with E-state index in [-0.39, 0.29) is 0 Å². The maximum atomic E-state index is 3.74. The number of hydrogen-bond donors (Lipinski definition) is 1. The Morgan fingerprint density at radius 3 is 2.68 bits per heavy atom. The topological polar surface area (TPSA) is 15.3 Å². The molecule has 2 heteroatoms. The van der Waals surface area contributed by atoms with E-state index in [2.05, 4.69) is 10.2 Å². The van der Waals surface area contributed by atoms with Gasteiger partial charge in [0.15, 0.2) is 0 Å². The number of hydrogen-bond acceptors (Lipinski definition) is 2. The van der Waals surface area contributed by atoms with Gasteiger partial charge in [-0.05, 0) is 81.7 Å². The highest BCUT2D eigenvalue weighted by Crippen LogP contribution is 2.48. The zero-order valence-corrected chi connectivity index (χ0v) is 12.3. The maximum absolute atomic E-state index is 3.74. The van der Waals surface area contributed by atoms with E-state index in [1.54, 1.807) is 25.7 Å². The van der Waals surface area contributed by atoms with Gasteiger partial charge in [-0.1, -0.05) is 6.42 Å². The molecule has 3 aliphatic carbocycles. The smallest absolute Gasteiger partial charge is 0.00683 e. The minimum absolute atomic E-state index is 0.890. The molecule has 3 saturated carbocycles. The molecule has 0 amide bonds. The monoisotopic (exact) mass is 262 g/mol. The number of rotatable bonds is 5. The van der Waals surface area contributed by atoms with Crippen LogP contribution in [0.2, 0.25) is 0 Å². The van der Waals surface area contributed by atoms with Gasteiger partial charge in [-0.3, -0.25) is 0 Å². The quantitative estimate of drug-likeness (QED) is 0.819. The van der Waals surface area contributed by atoms with Crippen LogP contribution in [0.25, 0.3) is 0 Å². The van der Waals surface area contributed by atoms with Crippen LogP contribution in [-0.2, 0) is 0 Å². The number of likely N-dealkylation sites (tertiary alicyclic amines) is 1. The second kappa shape index (κ2) is 5.37. The van der Waals surface area contributed by atoms with Gasteiger partial charge in [-0.15, -0.1) is 0 Å². The Labute approximate surface area is 118 Å². The van der Waals surface area contributed by atoms with Crippen LogP contribution >= 0.6 is 0 Å². The average molecular weight is 262 g/mol. The zero-order valence-electron chi connectivity index (χ0n) is 12.3. The first kappa shape index (κ1) is 12.6. The second-order valence-electron chi connectivity index (χ2n) is 7.89. The molecule has 4 aliphatic rings. The van der Waals surface area contributed by atoms with E-state index in [4.69, 9.17) is 0 Å². The van der Waals surface area contributed by atoms with Crippen molar-refractivity contribution < 1.29 is 0 Å². The van der Waals surface area contributed by atoms with E-state index in [1.807, 2.05) is 0 Å². The molecule has 0 aromatic carbocycles. The van der Waals surface area contributed by atoms with Crippen molar-refractivity contribution in [2.24, 2.45) is 23.7 Å². The summed E-state index contributed by atoms with van der Waals surface area (Å²) >= 11 is 0. The molecule has 0 aromatic heterocycles. The highest BCUT2D eigenvalue weighted by molar-refractivity contribution is 4.92. The lowest BCUT2D eigenvalue weighted by Gasteiger charge is -2.36. The first-order valence-electron chi connectivity index (χ1n) is 8.82. The first-order valence-corrected chi connectivity index (χ1v) is 8.82. The molecule has 0 aromatic rings. The van der Waals surface area contributed by atoms with Gasteiger partial charge in [-0.25, -0.2) is 0 Å². The van der Waals surface area contributed by atoms with Crippen LogP contribution in [0.5, 0.6) is 0 Å². The Bertz CT molecular complexity index is 312. The lowest BCUT2D eigenvalue weighted by atomic mass is 9.87. The third kappa shape index (κ3) is 3.00. The molecule has 0 radical (unpaired) electrons. The number of fused-ring (bicyclic) bond motifs is 2. The lowest BCUT2D eigenvalue weighted by molar-refractivity contribution is 0.130. The predicted octanol–water partition coefficient (Wildman–Crippen LogP) is 2.89. The fraction of sp³-hybridized carbons (Fsp3) is 1.00. The van der Waals surface area contributed by atoms with Crippen LogP contribution in [-0.4, -0.2) is 37.1 Å². The first-order chi connectivity index (χ1) is 9.37. The molecule has 19 heavy (non-hydrogen) atoms. The summed E-state index contributed by atoms with van der Waals surface area (Å²) in [6.07, 6.45) is 12.0. The Hall–Kier alpha value is -0.0800. The van der Waals surface area contributed by atoms with E-state index in [9.17, 15) is 0 Å². The molecule has 4 fully saturated rings. The van der Waals surface area contributed by atoms with Gasteiger partial charge in [0.2, 0.25) is 0 Å². The van der Waals surface area contributed by atoms with Crippen molar-refractivity contribution in [1.29, 1.82) is 0 Å². The van der Waals surface area contributed by atoms with E-state index in [1.165, 1.54) is 51.9 Å². The molecule has 108 valence electrons. The van der Waals surface area contributed by atoms with Gasteiger partial charge in [0.1, 0.15) is 0 Å². The Morgan fingerprint density at radius 1 is 1.00 bits per heavy atom. The van der Waals surface area contributed by atoms with E-state index >= 15 is 0 Å². The van der Waals surface area contributed by atoms with Gasteiger partial charge < -0.3 is 10.2 Å². The average Bonchev–Trinajstić information content (AvgIpc) is 3.04. The highest BCUT2D eigenvalue weighted by atomic mass is 15.1. The fourth-order valence-corrected chi connectivity index (χ4v) is 5.04. The molecule has 1 N–H and O–H groups in total. The molecule has 1 aliphatic heterocycles. The molecule has 4 unspecified atom stereocenters. The Kier molecular flexibility index (Phi) is 3.57.